The summed E-state index contributed by atoms with van der Waals surface area (Å²) in [5.74, 6) is 1.56. The normalized spacial score (nSPS) is 18.2. The number of nitrogens with one attached hydrogen (secondary N) is 1. The van der Waals surface area contributed by atoms with Gasteiger partial charge in [-0.1, -0.05) is 12.1 Å². The van der Waals surface area contributed by atoms with Crippen LogP contribution in [-0.4, -0.2) is 60.1 Å². The Hall–Kier alpha value is -1.97. The van der Waals surface area contributed by atoms with Crippen molar-refractivity contribution in [2.45, 2.75) is 25.2 Å². The largest absolute Gasteiger partial charge is 0.357 e. The Balaban J connectivity index is 0.00000240. The number of aliphatic imine (C=N–C) groups is 1. The van der Waals surface area contributed by atoms with Crippen LogP contribution in [0.3, 0.4) is 0 Å². The molecule has 0 unspecified atom stereocenters. The van der Waals surface area contributed by atoms with E-state index in [4.69, 9.17) is 4.99 Å². The predicted molar refractivity (Wildman–Crippen MR) is 125 cm³/mol. The molecule has 1 saturated carbocycles. The van der Waals surface area contributed by atoms with Gasteiger partial charge in [0.2, 0.25) is 5.95 Å². The number of guanidine groups is 1. The molecule has 1 aromatic heterocycles. The van der Waals surface area contributed by atoms with Crippen LogP contribution in [0.15, 0.2) is 47.7 Å². The number of halogens is 2. The van der Waals surface area contributed by atoms with Gasteiger partial charge in [0.05, 0.1) is 6.54 Å². The molecule has 0 bridgehead atoms. The molecule has 0 amide bonds. The first-order valence-corrected chi connectivity index (χ1v) is 10.0. The molecule has 2 heterocycles. The second-order valence-electron chi connectivity index (χ2n) is 7.48. The summed E-state index contributed by atoms with van der Waals surface area (Å²) in [7, 11) is 0. The van der Waals surface area contributed by atoms with Gasteiger partial charge in [0, 0.05) is 50.5 Å². The average Bonchev–Trinajstić information content (AvgIpc) is 3.53. The van der Waals surface area contributed by atoms with Crippen molar-refractivity contribution in [1.29, 1.82) is 0 Å². The first kappa shape index (κ1) is 21.7. The Kier molecular flexibility index (Phi) is 7.26. The maximum Gasteiger partial charge on any atom is 0.225 e. The molecule has 6 nitrogen and oxygen atoms in total. The molecular formula is C21H28FIN6. The predicted octanol–water partition coefficient (Wildman–Crippen LogP) is 3.05. The van der Waals surface area contributed by atoms with E-state index in [9.17, 15) is 4.39 Å². The molecule has 2 fully saturated rings. The number of hydrogen-bond donors (Lipinski definition) is 1. The molecule has 1 N–H and O–H groups in total. The lowest BCUT2D eigenvalue weighted by molar-refractivity contribution is 0.369. The summed E-state index contributed by atoms with van der Waals surface area (Å²) < 4.78 is 13.6. The zero-order chi connectivity index (χ0) is 19.4. The van der Waals surface area contributed by atoms with E-state index in [1.165, 1.54) is 6.07 Å². The summed E-state index contributed by atoms with van der Waals surface area (Å²) in [4.78, 5) is 18.1. The smallest absolute Gasteiger partial charge is 0.225 e. The second-order valence-corrected chi connectivity index (χ2v) is 7.48. The van der Waals surface area contributed by atoms with Crippen LogP contribution in [0.2, 0.25) is 0 Å². The summed E-state index contributed by atoms with van der Waals surface area (Å²) in [5.41, 5.74) is 1.07. The minimum Gasteiger partial charge on any atom is -0.357 e. The average molecular weight is 510 g/mol. The van der Waals surface area contributed by atoms with E-state index in [1.807, 2.05) is 12.1 Å². The molecule has 2 aromatic rings. The summed E-state index contributed by atoms with van der Waals surface area (Å²) in [6.07, 6.45) is 5.69. The zero-order valence-corrected chi connectivity index (χ0v) is 19.1. The molecule has 156 valence electrons. The Morgan fingerprint density at radius 2 is 1.86 bits per heavy atom. The minimum atomic E-state index is -0.168. The lowest BCUT2D eigenvalue weighted by Gasteiger charge is -2.36. The Morgan fingerprint density at radius 3 is 2.48 bits per heavy atom. The highest BCUT2D eigenvalue weighted by Gasteiger charge is 2.44. The molecule has 4 rings (SSSR count). The highest BCUT2D eigenvalue weighted by molar-refractivity contribution is 14.0. The number of benzene rings is 1. The molecular weight excluding hydrogens is 482 g/mol. The van der Waals surface area contributed by atoms with Gasteiger partial charge in [0.1, 0.15) is 5.82 Å². The van der Waals surface area contributed by atoms with E-state index in [0.717, 1.165) is 63.0 Å². The summed E-state index contributed by atoms with van der Waals surface area (Å²) in [5, 5.41) is 3.42. The van der Waals surface area contributed by atoms with Crippen LogP contribution < -0.4 is 10.2 Å². The van der Waals surface area contributed by atoms with Gasteiger partial charge in [0.15, 0.2) is 5.96 Å². The van der Waals surface area contributed by atoms with Crippen molar-refractivity contribution in [2.24, 2.45) is 4.99 Å². The fourth-order valence-corrected chi connectivity index (χ4v) is 3.73. The lowest BCUT2D eigenvalue weighted by atomic mass is 9.96. The number of hydrogen-bond acceptors (Lipinski definition) is 4. The third-order valence-corrected chi connectivity index (χ3v) is 5.57. The summed E-state index contributed by atoms with van der Waals surface area (Å²) in [6, 6.07) is 8.82. The van der Waals surface area contributed by atoms with Crippen LogP contribution >= 0.6 is 24.0 Å². The van der Waals surface area contributed by atoms with E-state index in [-0.39, 0.29) is 35.2 Å². The van der Waals surface area contributed by atoms with Crippen molar-refractivity contribution < 1.29 is 4.39 Å². The molecule has 0 atom stereocenters. The molecule has 1 aliphatic carbocycles. The number of piperazine rings is 1. The Bertz CT molecular complexity index is 819. The van der Waals surface area contributed by atoms with Gasteiger partial charge in [-0.05, 0) is 43.5 Å². The monoisotopic (exact) mass is 510 g/mol. The molecule has 29 heavy (non-hydrogen) atoms. The second kappa shape index (κ2) is 9.69. The van der Waals surface area contributed by atoms with Crippen LogP contribution in [0.4, 0.5) is 10.3 Å². The van der Waals surface area contributed by atoms with Gasteiger partial charge in [-0.15, -0.1) is 24.0 Å². The molecule has 1 aromatic carbocycles. The Morgan fingerprint density at radius 1 is 1.14 bits per heavy atom. The fourth-order valence-electron chi connectivity index (χ4n) is 3.73. The standard InChI is InChI=1S/C21H27FN6.HI/c1-2-23-19(26-16-21(7-8-21)17-5-3-6-18(22)15-17)27-11-13-28(14-12-27)20-24-9-4-10-25-20;/h3-6,9-10,15H,2,7-8,11-14,16H2,1H3,(H,23,26);1H. The molecule has 1 aliphatic heterocycles. The SMILES string of the molecule is CCNC(=NCC1(c2cccc(F)c2)CC1)N1CCN(c2ncccn2)CC1.I. The van der Waals surface area contributed by atoms with Gasteiger partial charge < -0.3 is 15.1 Å². The highest BCUT2D eigenvalue weighted by atomic mass is 127. The lowest BCUT2D eigenvalue weighted by Crippen LogP contribution is -2.53. The van der Waals surface area contributed by atoms with Gasteiger partial charge in [-0.3, -0.25) is 4.99 Å². The van der Waals surface area contributed by atoms with E-state index in [0.29, 0.717) is 6.54 Å². The number of anilines is 1. The van der Waals surface area contributed by atoms with Crippen LogP contribution in [0.25, 0.3) is 0 Å². The van der Waals surface area contributed by atoms with Crippen molar-refractivity contribution in [2.75, 3.05) is 44.2 Å². The first-order valence-electron chi connectivity index (χ1n) is 10.0. The van der Waals surface area contributed by atoms with Crippen molar-refractivity contribution >= 4 is 35.9 Å². The summed E-state index contributed by atoms with van der Waals surface area (Å²) >= 11 is 0. The topological polar surface area (TPSA) is 56.7 Å². The van der Waals surface area contributed by atoms with Crippen molar-refractivity contribution in [3.8, 4) is 0 Å². The zero-order valence-electron chi connectivity index (χ0n) is 16.7. The maximum atomic E-state index is 13.6. The number of aromatic nitrogens is 2. The molecule has 1 saturated heterocycles. The highest BCUT2D eigenvalue weighted by Crippen LogP contribution is 2.48. The van der Waals surface area contributed by atoms with Gasteiger partial charge in [-0.25, -0.2) is 14.4 Å². The van der Waals surface area contributed by atoms with Gasteiger partial charge >= 0.3 is 0 Å². The van der Waals surface area contributed by atoms with Crippen molar-refractivity contribution in [1.82, 2.24) is 20.2 Å². The summed E-state index contributed by atoms with van der Waals surface area (Å²) in [6.45, 7) is 7.08. The van der Waals surface area contributed by atoms with Crippen LogP contribution in [0.1, 0.15) is 25.3 Å². The third kappa shape index (κ3) is 5.15. The van der Waals surface area contributed by atoms with Crippen molar-refractivity contribution in [3.05, 3.63) is 54.1 Å². The van der Waals surface area contributed by atoms with E-state index in [2.05, 4.69) is 32.0 Å². The molecule has 2 aliphatic rings. The maximum absolute atomic E-state index is 13.6. The van der Waals surface area contributed by atoms with E-state index < -0.39 is 0 Å². The first-order chi connectivity index (χ1) is 13.7. The molecule has 8 heteroatoms. The quantitative estimate of drug-likeness (QED) is 0.381. The van der Waals surface area contributed by atoms with Gasteiger partial charge in [0.25, 0.3) is 0 Å². The van der Waals surface area contributed by atoms with Gasteiger partial charge in [-0.2, -0.15) is 0 Å². The Labute approximate surface area is 188 Å². The van der Waals surface area contributed by atoms with E-state index >= 15 is 0 Å². The minimum absolute atomic E-state index is 0. The fraction of sp³-hybridized carbons (Fsp3) is 0.476. The van der Waals surface area contributed by atoms with Crippen LogP contribution in [0.5, 0.6) is 0 Å². The van der Waals surface area contributed by atoms with Crippen LogP contribution in [0, 0.1) is 5.82 Å². The third-order valence-electron chi connectivity index (χ3n) is 5.57. The number of rotatable bonds is 5. The molecule has 0 spiro atoms. The molecule has 0 radical (unpaired) electrons. The van der Waals surface area contributed by atoms with Crippen molar-refractivity contribution in [3.63, 3.8) is 0 Å². The van der Waals surface area contributed by atoms with E-state index in [1.54, 1.807) is 24.5 Å². The van der Waals surface area contributed by atoms with Crippen LogP contribution in [-0.2, 0) is 5.41 Å². The number of nitrogens with zero attached hydrogens (tertiary/aromatic N) is 5.